The molecule has 1 aromatic heterocycles. The molecule has 4 aliphatic rings. The van der Waals surface area contributed by atoms with Gasteiger partial charge in [-0.1, -0.05) is 12.1 Å². The van der Waals surface area contributed by atoms with Crippen molar-refractivity contribution in [2.75, 3.05) is 69.1 Å². The number of nitrogens with one attached hydrogen (secondary N) is 2. The average Bonchev–Trinajstić information content (AvgIpc) is 2.91. The van der Waals surface area contributed by atoms with Crippen molar-refractivity contribution in [1.29, 1.82) is 0 Å². The van der Waals surface area contributed by atoms with Crippen LogP contribution in [0.2, 0.25) is 0 Å². The molecule has 0 aliphatic carbocycles. The van der Waals surface area contributed by atoms with Crippen molar-refractivity contribution in [3.8, 4) is 17.0 Å². The first-order chi connectivity index (χ1) is 17.6. The van der Waals surface area contributed by atoms with Gasteiger partial charge in [-0.3, -0.25) is 4.90 Å². The van der Waals surface area contributed by atoms with Crippen molar-refractivity contribution in [1.82, 2.24) is 25.3 Å². The molecule has 36 heavy (non-hydrogen) atoms. The van der Waals surface area contributed by atoms with Gasteiger partial charge in [0.25, 0.3) is 0 Å². The van der Waals surface area contributed by atoms with Gasteiger partial charge in [0.2, 0.25) is 0 Å². The number of rotatable bonds is 5. The topological polar surface area (TPSA) is 79.8 Å². The largest absolute Gasteiger partial charge is 0.507 e. The summed E-state index contributed by atoms with van der Waals surface area (Å²) in [5.74, 6) is 2.80. The van der Waals surface area contributed by atoms with Crippen molar-refractivity contribution in [2.24, 2.45) is 11.8 Å². The Morgan fingerprint density at radius 1 is 0.972 bits per heavy atom. The molecule has 8 nitrogen and oxygen atoms in total. The van der Waals surface area contributed by atoms with Gasteiger partial charge in [-0.25, -0.2) is 0 Å². The highest BCUT2D eigenvalue weighted by Crippen LogP contribution is 2.37. The average molecular weight is 492 g/mol. The van der Waals surface area contributed by atoms with E-state index in [-0.39, 0.29) is 5.75 Å². The van der Waals surface area contributed by atoms with Gasteiger partial charge < -0.3 is 25.5 Å². The Morgan fingerprint density at radius 3 is 2.56 bits per heavy atom. The first kappa shape index (κ1) is 23.9. The van der Waals surface area contributed by atoms with E-state index in [0.29, 0.717) is 12.1 Å². The smallest absolute Gasteiger partial charge is 0.172 e. The van der Waals surface area contributed by atoms with Gasteiger partial charge in [0.1, 0.15) is 5.75 Å². The molecule has 4 aliphatic heterocycles. The third kappa shape index (κ3) is 5.04. The van der Waals surface area contributed by atoms with Crippen LogP contribution >= 0.6 is 0 Å². The molecule has 8 heteroatoms. The summed E-state index contributed by atoms with van der Waals surface area (Å²) in [7, 11) is 0. The number of phenolic OH excluding ortho intramolecular Hbond substituents is 1. The van der Waals surface area contributed by atoms with E-state index in [9.17, 15) is 5.11 Å². The van der Waals surface area contributed by atoms with E-state index < -0.39 is 0 Å². The number of para-hydroxylation sites is 1. The van der Waals surface area contributed by atoms with Crippen molar-refractivity contribution >= 4 is 11.5 Å². The Labute approximate surface area is 215 Å². The van der Waals surface area contributed by atoms with Gasteiger partial charge in [0.05, 0.1) is 17.4 Å². The van der Waals surface area contributed by atoms with Crippen molar-refractivity contribution in [3.63, 3.8) is 0 Å². The van der Waals surface area contributed by atoms with Gasteiger partial charge >= 0.3 is 0 Å². The summed E-state index contributed by atoms with van der Waals surface area (Å²) in [6.07, 6.45) is 5.37. The molecule has 2 aromatic rings. The number of piperazine rings is 1. The Morgan fingerprint density at radius 2 is 1.75 bits per heavy atom. The summed E-state index contributed by atoms with van der Waals surface area (Å²) in [6.45, 7) is 12.8. The third-order valence-electron chi connectivity index (χ3n) is 8.91. The highest BCUT2D eigenvalue weighted by atomic mass is 16.3. The number of hydrogen-bond donors (Lipinski definition) is 3. The summed E-state index contributed by atoms with van der Waals surface area (Å²) in [5.41, 5.74) is 2.56. The zero-order valence-electron chi connectivity index (χ0n) is 21.6. The third-order valence-corrected chi connectivity index (χ3v) is 8.91. The van der Waals surface area contributed by atoms with Crippen molar-refractivity contribution < 1.29 is 5.11 Å². The number of aromatic nitrogens is 2. The molecule has 3 fully saturated rings. The molecule has 5 heterocycles. The summed E-state index contributed by atoms with van der Waals surface area (Å²) >= 11 is 0. The molecule has 6 rings (SSSR count). The molecular weight excluding hydrogens is 450 g/mol. The molecule has 1 aromatic carbocycles. The van der Waals surface area contributed by atoms with E-state index in [0.717, 1.165) is 54.2 Å². The molecule has 0 spiro atoms. The molecule has 0 unspecified atom stereocenters. The number of nitrogens with zero attached hydrogens (tertiary/aromatic N) is 5. The molecule has 3 saturated heterocycles. The first-order valence-electron chi connectivity index (χ1n) is 14.0. The number of fused-ring (bicyclic) bond motifs is 3. The van der Waals surface area contributed by atoms with Crippen LogP contribution in [0.15, 0.2) is 30.3 Å². The molecule has 194 valence electrons. The van der Waals surface area contributed by atoms with E-state index in [1.54, 1.807) is 6.07 Å². The summed E-state index contributed by atoms with van der Waals surface area (Å²) in [4.78, 5) is 7.99. The first-order valence-corrected chi connectivity index (χ1v) is 14.0. The lowest BCUT2D eigenvalue weighted by atomic mass is 9.92. The van der Waals surface area contributed by atoms with Gasteiger partial charge in [-0.2, -0.15) is 0 Å². The minimum Gasteiger partial charge on any atom is -0.507 e. The van der Waals surface area contributed by atoms with E-state index in [2.05, 4.69) is 48.5 Å². The number of phenols is 1. The SMILES string of the molecule is C[C@H]1CN2c3cc(-c4ccccc4O)nnc3NC[C@H]2CN1CC1CCN(CC2CCNCC2)CC1. The highest BCUT2D eigenvalue weighted by Gasteiger charge is 2.37. The molecule has 3 N–H and O–H groups in total. The minimum atomic E-state index is 0.243. The van der Waals surface area contributed by atoms with Crippen LogP contribution in [0.25, 0.3) is 11.3 Å². The second kappa shape index (κ2) is 10.5. The molecule has 0 amide bonds. The predicted molar refractivity (Wildman–Crippen MR) is 145 cm³/mol. The maximum Gasteiger partial charge on any atom is 0.172 e. The van der Waals surface area contributed by atoms with Gasteiger partial charge in [-0.15, -0.1) is 10.2 Å². The summed E-state index contributed by atoms with van der Waals surface area (Å²) < 4.78 is 0. The fraction of sp³-hybridized carbons (Fsp3) is 0.643. The summed E-state index contributed by atoms with van der Waals surface area (Å²) in [5, 5.41) is 26.2. The van der Waals surface area contributed by atoms with Crippen LogP contribution in [0.5, 0.6) is 5.75 Å². The van der Waals surface area contributed by atoms with Crippen LogP contribution in [-0.2, 0) is 0 Å². The lowest BCUT2D eigenvalue weighted by Crippen LogP contribution is -2.62. The Kier molecular flexibility index (Phi) is 7.00. The lowest BCUT2D eigenvalue weighted by Gasteiger charge is -2.50. The van der Waals surface area contributed by atoms with Crippen LogP contribution in [0.4, 0.5) is 11.5 Å². The zero-order valence-corrected chi connectivity index (χ0v) is 21.6. The Hall–Kier alpha value is -2.42. The fourth-order valence-corrected chi connectivity index (χ4v) is 6.70. The van der Waals surface area contributed by atoms with Crippen LogP contribution < -0.4 is 15.5 Å². The number of likely N-dealkylation sites (tertiary alicyclic amines) is 1. The number of piperidine rings is 2. The normalized spacial score (nSPS) is 26.3. The lowest BCUT2D eigenvalue weighted by molar-refractivity contribution is 0.0941. The van der Waals surface area contributed by atoms with Crippen molar-refractivity contribution in [2.45, 2.75) is 44.7 Å². The standard InChI is InChI=1S/C28H41N7O/c1-20-16-35-23(15-30-28-26(35)14-25(31-32-28)24-4-2-3-5-27(24)36)19-34(20)18-22-8-12-33(13-9-22)17-21-6-10-29-11-7-21/h2-5,14,20-23,29,36H,6-13,15-19H2,1H3,(H,30,32)/t20-,23-/m0/s1. The van der Waals surface area contributed by atoms with Crippen LogP contribution in [0, 0.1) is 11.8 Å². The second-order valence-electron chi connectivity index (χ2n) is 11.4. The van der Waals surface area contributed by atoms with Gasteiger partial charge in [-0.05, 0) is 88.8 Å². The number of benzene rings is 1. The molecule has 2 atom stereocenters. The van der Waals surface area contributed by atoms with Crippen LogP contribution in [0.3, 0.4) is 0 Å². The van der Waals surface area contributed by atoms with E-state index in [4.69, 9.17) is 0 Å². The van der Waals surface area contributed by atoms with E-state index >= 15 is 0 Å². The second-order valence-corrected chi connectivity index (χ2v) is 11.4. The van der Waals surface area contributed by atoms with Crippen LogP contribution in [0.1, 0.15) is 32.6 Å². The molecule has 0 radical (unpaired) electrons. The molecular formula is C28H41N7O. The van der Waals surface area contributed by atoms with E-state index in [1.165, 1.54) is 65.0 Å². The quantitative estimate of drug-likeness (QED) is 0.589. The zero-order chi connectivity index (χ0) is 24.5. The minimum absolute atomic E-state index is 0.243. The summed E-state index contributed by atoms with van der Waals surface area (Å²) in [6, 6.07) is 10.4. The van der Waals surface area contributed by atoms with Crippen molar-refractivity contribution in [3.05, 3.63) is 30.3 Å². The number of aromatic hydroxyl groups is 1. The van der Waals surface area contributed by atoms with E-state index in [1.807, 2.05) is 18.2 Å². The monoisotopic (exact) mass is 491 g/mol. The van der Waals surface area contributed by atoms with Crippen LogP contribution in [-0.4, -0.2) is 96.1 Å². The Bertz CT molecular complexity index is 1030. The number of hydrogen-bond acceptors (Lipinski definition) is 8. The Balaban J connectivity index is 1.07. The van der Waals surface area contributed by atoms with Gasteiger partial charge in [0, 0.05) is 44.3 Å². The molecule has 0 saturated carbocycles. The predicted octanol–water partition coefficient (Wildman–Crippen LogP) is 2.87. The fourth-order valence-electron chi connectivity index (χ4n) is 6.70. The number of anilines is 2. The molecule has 0 bridgehead atoms. The maximum absolute atomic E-state index is 10.3. The highest BCUT2D eigenvalue weighted by molar-refractivity contribution is 5.76. The van der Waals surface area contributed by atoms with Gasteiger partial charge in [0.15, 0.2) is 5.82 Å². The maximum atomic E-state index is 10.3.